The number of anilines is 2. The van der Waals surface area contributed by atoms with Crippen molar-refractivity contribution in [1.29, 1.82) is 0 Å². The van der Waals surface area contributed by atoms with Crippen LogP contribution in [0.25, 0.3) is 22.5 Å². The van der Waals surface area contributed by atoms with Gasteiger partial charge in [0, 0.05) is 29.4 Å². The lowest BCUT2D eigenvalue weighted by atomic mass is 10.1. The molecule has 0 saturated heterocycles. The Morgan fingerprint density at radius 1 is 1.16 bits per heavy atom. The highest BCUT2D eigenvalue weighted by Gasteiger charge is 2.09. The van der Waals surface area contributed by atoms with Crippen LogP contribution in [0.1, 0.15) is 19.0 Å². The van der Waals surface area contributed by atoms with Crippen LogP contribution in [-0.2, 0) is 4.79 Å². The number of nitrogen functional groups attached to an aromatic ring is 1. The van der Waals surface area contributed by atoms with Gasteiger partial charge in [-0.15, -0.1) is 0 Å². The second-order valence-electron chi connectivity index (χ2n) is 5.64. The minimum atomic E-state index is -0.0761. The van der Waals surface area contributed by atoms with Crippen LogP contribution in [-0.4, -0.2) is 20.9 Å². The predicted molar refractivity (Wildman–Crippen MR) is 98.8 cm³/mol. The lowest BCUT2D eigenvalue weighted by Crippen LogP contribution is -2.10. The number of nitrogens with two attached hydrogens (primary N) is 1. The lowest BCUT2D eigenvalue weighted by Gasteiger charge is -2.09. The fourth-order valence-corrected chi connectivity index (χ4v) is 2.44. The van der Waals surface area contributed by atoms with Crippen molar-refractivity contribution in [1.82, 2.24) is 15.0 Å². The lowest BCUT2D eigenvalue weighted by molar-refractivity contribution is -0.115. The number of rotatable bonds is 4. The number of carbonyl (C=O) groups is 1. The standard InChI is InChI=1S/C19H19N5O/c1-3-19(25)24-18-9-13(7-8-21-18)16-5-4-6-17(23-16)15-10-14(20)11-22-12(15)2/h4-11H,3,20H2,1-2H3,(H,21,24,25). The van der Waals surface area contributed by atoms with E-state index in [-0.39, 0.29) is 5.91 Å². The highest BCUT2D eigenvalue weighted by atomic mass is 16.1. The molecule has 0 bridgehead atoms. The third-order valence-electron chi connectivity index (χ3n) is 3.78. The molecule has 25 heavy (non-hydrogen) atoms. The quantitative estimate of drug-likeness (QED) is 0.762. The number of hydrogen-bond acceptors (Lipinski definition) is 5. The molecule has 3 aromatic rings. The van der Waals surface area contributed by atoms with Crippen molar-refractivity contribution in [2.45, 2.75) is 20.3 Å². The van der Waals surface area contributed by atoms with Crippen LogP contribution in [0.15, 0.2) is 48.8 Å². The van der Waals surface area contributed by atoms with Crippen LogP contribution in [0.4, 0.5) is 11.5 Å². The Morgan fingerprint density at radius 3 is 2.76 bits per heavy atom. The maximum absolute atomic E-state index is 11.6. The van der Waals surface area contributed by atoms with Gasteiger partial charge in [0.1, 0.15) is 5.82 Å². The first-order valence-electron chi connectivity index (χ1n) is 8.02. The van der Waals surface area contributed by atoms with E-state index in [1.165, 1.54) is 0 Å². The van der Waals surface area contributed by atoms with Gasteiger partial charge in [-0.25, -0.2) is 9.97 Å². The summed E-state index contributed by atoms with van der Waals surface area (Å²) in [4.78, 5) is 24.7. The molecule has 126 valence electrons. The van der Waals surface area contributed by atoms with Gasteiger partial charge in [0.05, 0.1) is 23.3 Å². The van der Waals surface area contributed by atoms with Crippen molar-refractivity contribution in [3.05, 3.63) is 54.5 Å². The first-order chi connectivity index (χ1) is 12.1. The molecule has 3 N–H and O–H groups in total. The van der Waals surface area contributed by atoms with Crippen molar-refractivity contribution >= 4 is 17.4 Å². The molecule has 0 aliphatic rings. The highest BCUT2D eigenvalue weighted by Crippen LogP contribution is 2.26. The van der Waals surface area contributed by atoms with E-state index in [4.69, 9.17) is 10.7 Å². The van der Waals surface area contributed by atoms with Crippen LogP contribution in [0, 0.1) is 6.92 Å². The largest absolute Gasteiger partial charge is 0.397 e. The average molecular weight is 333 g/mol. The van der Waals surface area contributed by atoms with E-state index in [2.05, 4.69) is 15.3 Å². The molecular formula is C19H19N5O. The van der Waals surface area contributed by atoms with E-state index in [9.17, 15) is 4.79 Å². The maximum Gasteiger partial charge on any atom is 0.225 e. The molecule has 0 aliphatic carbocycles. The van der Waals surface area contributed by atoms with Gasteiger partial charge in [-0.1, -0.05) is 13.0 Å². The van der Waals surface area contributed by atoms with Crippen molar-refractivity contribution in [2.24, 2.45) is 0 Å². The summed E-state index contributed by atoms with van der Waals surface area (Å²) >= 11 is 0. The number of aryl methyl sites for hydroxylation is 1. The molecule has 3 heterocycles. The van der Waals surface area contributed by atoms with Crippen LogP contribution in [0.3, 0.4) is 0 Å². The number of hydrogen-bond donors (Lipinski definition) is 2. The van der Waals surface area contributed by atoms with Gasteiger partial charge in [-0.2, -0.15) is 0 Å². The fraction of sp³-hybridized carbons (Fsp3) is 0.158. The van der Waals surface area contributed by atoms with E-state index in [0.29, 0.717) is 17.9 Å². The first kappa shape index (κ1) is 16.6. The Kier molecular flexibility index (Phi) is 4.70. The smallest absolute Gasteiger partial charge is 0.225 e. The highest BCUT2D eigenvalue weighted by molar-refractivity contribution is 5.90. The Bertz CT molecular complexity index is 923. The normalized spacial score (nSPS) is 10.5. The Hall–Kier alpha value is -3.28. The summed E-state index contributed by atoms with van der Waals surface area (Å²) in [6.07, 6.45) is 3.69. The summed E-state index contributed by atoms with van der Waals surface area (Å²) in [5.74, 6) is 0.436. The Balaban J connectivity index is 1.98. The molecule has 0 spiro atoms. The summed E-state index contributed by atoms with van der Waals surface area (Å²) in [5.41, 5.74) is 10.7. The number of nitrogens with one attached hydrogen (secondary N) is 1. The van der Waals surface area contributed by atoms with Gasteiger partial charge >= 0.3 is 0 Å². The topological polar surface area (TPSA) is 93.8 Å². The Labute approximate surface area is 146 Å². The molecule has 3 rings (SSSR count). The number of carbonyl (C=O) groups excluding carboxylic acids is 1. The number of amides is 1. The fourth-order valence-electron chi connectivity index (χ4n) is 2.44. The number of pyridine rings is 3. The Morgan fingerprint density at radius 2 is 1.96 bits per heavy atom. The van der Waals surface area contributed by atoms with E-state index in [1.54, 1.807) is 19.3 Å². The maximum atomic E-state index is 11.6. The molecule has 0 unspecified atom stereocenters. The molecule has 6 nitrogen and oxygen atoms in total. The third kappa shape index (κ3) is 3.80. The zero-order valence-electron chi connectivity index (χ0n) is 14.2. The van der Waals surface area contributed by atoms with E-state index < -0.39 is 0 Å². The minimum absolute atomic E-state index is 0.0761. The van der Waals surface area contributed by atoms with Crippen LogP contribution >= 0.6 is 0 Å². The summed E-state index contributed by atoms with van der Waals surface area (Å²) in [7, 11) is 0. The molecule has 0 aliphatic heterocycles. The van der Waals surface area contributed by atoms with Crippen LogP contribution in [0.5, 0.6) is 0 Å². The van der Waals surface area contributed by atoms with Gasteiger partial charge in [0.2, 0.25) is 5.91 Å². The second kappa shape index (κ2) is 7.09. The molecule has 0 aromatic carbocycles. The van der Waals surface area contributed by atoms with Gasteiger partial charge in [0.15, 0.2) is 0 Å². The first-order valence-corrected chi connectivity index (χ1v) is 8.02. The SMILES string of the molecule is CCC(=O)Nc1cc(-c2cccc(-c3cc(N)cnc3C)n2)ccn1. The zero-order chi connectivity index (χ0) is 17.8. The van der Waals surface area contributed by atoms with Crippen molar-refractivity contribution in [3.8, 4) is 22.5 Å². The van der Waals surface area contributed by atoms with Crippen molar-refractivity contribution < 1.29 is 4.79 Å². The van der Waals surface area contributed by atoms with Crippen LogP contribution in [0.2, 0.25) is 0 Å². The van der Waals surface area contributed by atoms with Gasteiger partial charge in [0.25, 0.3) is 0 Å². The number of nitrogens with zero attached hydrogens (tertiary/aromatic N) is 3. The van der Waals surface area contributed by atoms with E-state index >= 15 is 0 Å². The van der Waals surface area contributed by atoms with Crippen LogP contribution < -0.4 is 11.1 Å². The van der Waals surface area contributed by atoms with E-state index in [1.807, 2.05) is 43.3 Å². The summed E-state index contributed by atoms with van der Waals surface area (Å²) in [6, 6.07) is 11.3. The minimum Gasteiger partial charge on any atom is -0.397 e. The van der Waals surface area contributed by atoms with Gasteiger partial charge in [-0.05, 0) is 37.3 Å². The third-order valence-corrected chi connectivity index (χ3v) is 3.78. The molecule has 3 aromatic heterocycles. The summed E-state index contributed by atoms with van der Waals surface area (Å²) in [6.45, 7) is 3.72. The second-order valence-corrected chi connectivity index (χ2v) is 5.64. The monoisotopic (exact) mass is 333 g/mol. The molecular weight excluding hydrogens is 314 g/mol. The molecule has 0 fully saturated rings. The predicted octanol–water partition coefficient (Wildman–Crippen LogP) is 3.44. The van der Waals surface area contributed by atoms with E-state index in [0.717, 1.165) is 28.2 Å². The summed E-state index contributed by atoms with van der Waals surface area (Å²) in [5, 5.41) is 2.76. The van der Waals surface area contributed by atoms with Crippen molar-refractivity contribution in [3.63, 3.8) is 0 Å². The molecule has 0 radical (unpaired) electrons. The average Bonchev–Trinajstić information content (AvgIpc) is 2.64. The molecule has 0 saturated carbocycles. The van der Waals surface area contributed by atoms with Crippen molar-refractivity contribution in [2.75, 3.05) is 11.1 Å². The molecule has 1 amide bonds. The zero-order valence-corrected chi connectivity index (χ0v) is 14.2. The van der Waals surface area contributed by atoms with Gasteiger partial charge in [-0.3, -0.25) is 9.78 Å². The van der Waals surface area contributed by atoms with Gasteiger partial charge < -0.3 is 11.1 Å². The summed E-state index contributed by atoms with van der Waals surface area (Å²) < 4.78 is 0. The molecule has 0 atom stereocenters. The molecule has 6 heteroatoms. The number of aromatic nitrogens is 3.